The second-order valence-electron chi connectivity index (χ2n) is 0.763. The fourth-order valence-electron chi connectivity index (χ4n) is 0.106. The van der Waals surface area contributed by atoms with Crippen molar-refractivity contribution in [1.82, 2.24) is 0 Å². The molecule has 0 rings (SSSR count). The predicted molar refractivity (Wildman–Crippen MR) is 35.3 cm³/mol. The summed E-state index contributed by atoms with van der Waals surface area (Å²) >= 11 is 1.93. The largest absolute Gasteiger partial charge is 0.475 e. The van der Waals surface area contributed by atoms with Gasteiger partial charge in [-0.2, -0.15) is 0 Å². The van der Waals surface area contributed by atoms with Crippen LogP contribution < -0.4 is 0 Å². The molecule has 3 heteroatoms. The predicted octanol–water partition coefficient (Wildman–Crippen LogP) is 1.58. The van der Waals surface area contributed by atoms with Crippen molar-refractivity contribution >= 4 is 22.6 Å². The summed E-state index contributed by atoms with van der Waals surface area (Å²) in [7, 11) is 1.38. The van der Waals surface area contributed by atoms with Crippen molar-refractivity contribution in [3.05, 3.63) is 15.8 Å². The van der Waals surface area contributed by atoms with Crippen LogP contribution in [0.2, 0.25) is 0 Å². The summed E-state index contributed by atoms with van der Waals surface area (Å²) in [5, 5.41) is 8.41. The first-order valence-corrected chi connectivity index (χ1v) is 2.84. The van der Waals surface area contributed by atoms with E-state index in [0.717, 1.165) is 0 Å². The summed E-state index contributed by atoms with van der Waals surface area (Å²) in [6.07, 6.45) is 0. The van der Waals surface area contributed by atoms with Crippen LogP contribution in [0.25, 0.3) is 0 Å². The Kier molecular flexibility index (Phi) is 3.93. The van der Waals surface area contributed by atoms with Gasteiger partial charge in [-0.15, -0.1) is 0 Å². The van der Waals surface area contributed by atoms with Crippen molar-refractivity contribution in [2.24, 2.45) is 0 Å². The highest BCUT2D eigenvalue weighted by atomic mass is 127. The molecule has 0 amide bonds. The molecule has 0 aromatic heterocycles. The average molecular weight is 212 g/mol. The second kappa shape index (κ2) is 4.02. The molecular formula is C4H5IO2. The molecule has 0 saturated carbocycles. The number of hydrogen-bond acceptors (Lipinski definition) is 2. The summed E-state index contributed by atoms with van der Waals surface area (Å²) in [5.74, 6) is -0.186. The highest BCUT2D eigenvalue weighted by molar-refractivity contribution is 14.1. The SMILES string of the molecule is COC(O)=C=CI. The second-order valence-corrected chi connectivity index (χ2v) is 1.39. The van der Waals surface area contributed by atoms with Gasteiger partial charge >= 0.3 is 5.95 Å². The minimum Gasteiger partial charge on any atom is -0.475 e. The number of methoxy groups -OCH3 is 1. The Hall–Kier alpha value is -0.150. The first kappa shape index (κ1) is 6.85. The molecule has 0 aromatic rings. The van der Waals surface area contributed by atoms with Crippen LogP contribution in [-0.2, 0) is 4.74 Å². The van der Waals surface area contributed by atoms with E-state index < -0.39 is 0 Å². The minimum atomic E-state index is -0.186. The van der Waals surface area contributed by atoms with Crippen molar-refractivity contribution in [2.45, 2.75) is 0 Å². The maximum atomic E-state index is 8.41. The van der Waals surface area contributed by atoms with Gasteiger partial charge in [-0.1, -0.05) is 0 Å². The number of aliphatic hydroxyl groups excluding tert-OH is 1. The minimum absolute atomic E-state index is 0.186. The molecule has 0 aliphatic heterocycles. The van der Waals surface area contributed by atoms with Crippen LogP contribution in [0, 0.1) is 0 Å². The Labute approximate surface area is 55.6 Å². The highest BCUT2D eigenvalue weighted by Gasteiger charge is 1.76. The van der Waals surface area contributed by atoms with Crippen molar-refractivity contribution in [1.29, 1.82) is 0 Å². The zero-order chi connectivity index (χ0) is 5.70. The van der Waals surface area contributed by atoms with Gasteiger partial charge in [-0.3, -0.25) is 0 Å². The standard InChI is InChI=1S/C4H5IO2/c1-7-4(6)2-3-5/h3,6H,1H3. The molecule has 0 fully saturated rings. The summed E-state index contributed by atoms with van der Waals surface area (Å²) < 4.78 is 5.85. The van der Waals surface area contributed by atoms with Crippen LogP contribution in [0.15, 0.2) is 15.8 Å². The molecular weight excluding hydrogens is 207 g/mol. The normalized spacial score (nSPS) is 6.57. The molecule has 0 spiro atoms. The fraction of sp³-hybridized carbons (Fsp3) is 0.250. The maximum absolute atomic E-state index is 8.41. The van der Waals surface area contributed by atoms with E-state index in [0.29, 0.717) is 0 Å². The van der Waals surface area contributed by atoms with E-state index in [1.54, 1.807) is 0 Å². The van der Waals surface area contributed by atoms with Crippen LogP contribution in [0.5, 0.6) is 0 Å². The molecule has 0 atom stereocenters. The van der Waals surface area contributed by atoms with Crippen LogP contribution in [-0.4, -0.2) is 12.2 Å². The Morgan fingerprint density at radius 3 is 2.71 bits per heavy atom. The first-order valence-electron chi connectivity index (χ1n) is 1.59. The molecule has 0 aromatic carbocycles. The van der Waals surface area contributed by atoms with Crippen LogP contribution in [0.4, 0.5) is 0 Å². The maximum Gasteiger partial charge on any atom is 0.325 e. The topological polar surface area (TPSA) is 29.5 Å². The molecule has 0 bridgehead atoms. The van der Waals surface area contributed by atoms with E-state index in [9.17, 15) is 0 Å². The molecule has 0 aliphatic carbocycles. The number of rotatable bonds is 1. The summed E-state index contributed by atoms with van der Waals surface area (Å²) in [6, 6.07) is 0. The molecule has 0 heterocycles. The van der Waals surface area contributed by atoms with E-state index in [4.69, 9.17) is 5.11 Å². The lowest BCUT2D eigenvalue weighted by molar-refractivity contribution is 0.137. The molecule has 0 aliphatic rings. The molecule has 1 N–H and O–H groups in total. The molecule has 0 radical (unpaired) electrons. The van der Waals surface area contributed by atoms with E-state index in [1.807, 2.05) is 22.6 Å². The summed E-state index contributed by atoms with van der Waals surface area (Å²) in [5.41, 5.74) is 2.41. The Balaban J connectivity index is 3.74. The van der Waals surface area contributed by atoms with Gasteiger partial charge in [-0.25, -0.2) is 0 Å². The Morgan fingerprint density at radius 1 is 2.00 bits per heavy atom. The highest BCUT2D eigenvalue weighted by Crippen LogP contribution is 1.86. The summed E-state index contributed by atoms with van der Waals surface area (Å²) in [4.78, 5) is 0. The van der Waals surface area contributed by atoms with Crippen molar-refractivity contribution in [2.75, 3.05) is 7.11 Å². The molecule has 2 nitrogen and oxygen atoms in total. The quantitative estimate of drug-likeness (QED) is 0.406. The van der Waals surface area contributed by atoms with E-state index in [1.165, 1.54) is 11.2 Å². The lowest BCUT2D eigenvalue weighted by Crippen LogP contribution is -1.77. The van der Waals surface area contributed by atoms with Gasteiger partial charge in [0.1, 0.15) is 0 Å². The Bertz CT molecular complexity index is 102. The third kappa shape index (κ3) is 3.69. The average Bonchev–Trinajstić information content (AvgIpc) is 1.68. The van der Waals surface area contributed by atoms with E-state index in [2.05, 4.69) is 10.5 Å². The van der Waals surface area contributed by atoms with Gasteiger partial charge in [0.2, 0.25) is 0 Å². The molecule has 0 saturated heterocycles. The van der Waals surface area contributed by atoms with Gasteiger partial charge < -0.3 is 9.84 Å². The number of halogens is 1. The van der Waals surface area contributed by atoms with E-state index >= 15 is 0 Å². The third-order valence-electron chi connectivity index (χ3n) is 0.371. The first-order chi connectivity index (χ1) is 3.31. The molecule has 7 heavy (non-hydrogen) atoms. The van der Waals surface area contributed by atoms with Gasteiger partial charge in [0.05, 0.1) is 7.11 Å². The lowest BCUT2D eigenvalue weighted by Gasteiger charge is -1.86. The van der Waals surface area contributed by atoms with Crippen molar-refractivity contribution in [3.8, 4) is 0 Å². The lowest BCUT2D eigenvalue weighted by atomic mass is 10.9. The fourth-order valence-corrected chi connectivity index (χ4v) is 0.372. The van der Waals surface area contributed by atoms with Gasteiger partial charge in [0.25, 0.3) is 0 Å². The van der Waals surface area contributed by atoms with Gasteiger partial charge in [0.15, 0.2) is 0 Å². The molecule has 0 unspecified atom stereocenters. The zero-order valence-electron chi connectivity index (χ0n) is 3.81. The van der Waals surface area contributed by atoms with E-state index in [-0.39, 0.29) is 5.95 Å². The Morgan fingerprint density at radius 2 is 2.57 bits per heavy atom. The third-order valence-corrected chi connectivity index (χ3v) is 0.683. The number of aliphatic hydroxyl groups is 1. The summed E-state index contributed by atoms with van der Waals surface area (Å²) in [6.45, 7) is 0. The number of hydrogen-bond donors (Lipinski definition) is 1. The van der Waals surface area contributed by atoms with Crippen LogP contribution in [0.3, 0.4) is 0 Å². The van der Waals surface area contributed by atoms with Crippen molar-refractivity contribution < 1.29 is 9.84 Å². The van der Waals surface area contributed by atoms with Crippen molar-refractivity contribution in [3.63, 3.8) is 0 Å². The van der Waals surface area contributed by atoms with Gasteiger partial charge in [-0.05, 0) is 28.3 Å². The zero-order valence-corrected chi connectivity index (χ0v) is 5.97. The monoisotopic (exact) mass is 212 g/mol. The molecule has 40 valence electrons. The van der Waals surface area contributed by atoms with Gasteiger partial charge in [0, 0.05) is 4.08 Å². The van der Waals surface area contributed by atoms with Crippen LogP contribution >= 0.6 is 22.6 Å². The number of ether oxygens (including phenoxy) is 1. The smallest absolute Gasteiger partial charge is 0.325 e. The van der Waals surface area contributed by atoms with Crippen LogP contribution in [0.1, 0.15) is 0 Å².